The zero-order chi connectivity index (χ0) is 14.0. The van der Waals surface area contributed by atoms with Crippen LogP contribution >= 0.6 is 0 Å². The highest BCUT2D eigenvalue weighted by Crippen LogP contribution is 2.14. The van der Waals surface area contributed by atoms with Crippen molar-refractivity contribution in [2.75, 3.05) is 0 Å². The molecule has 1 aliphatic rings. The van der Waals surface area contributed by atoms with Crippen LogP contribution in [0.25, 0.3) is 0 Å². The Labute approximate surface area is 107 Å². The Morgan fingerprint density at radius 2 is 1.68 bits per heavy atom. The van der Waals surface area contributed by atoms with Crippen molar-refractivity contribution in [2.24, 2.45) is 5.73 Å². The Kier molecular flexibility index (Phi) is 3.28. The van der Waals surface area contributed by atoms with Gasteiger partial charge >= 0.3 is 5.97 Å². The molecule has 7 heteroatoms. The molecule has 0 saturated carbocycles. The van der Waals surface area contributed by atoms with E-state index in [4.69, 9.17) is 10.6 Å². The molecule has 0 unspecified atom stereocenters. The van der Waals surface area contributed by atoms with Crippen molar-refractivity contribution in [1.29, 1.82) is 0 Å². The predicted molar refractivity (Wildman–Crippen MR) is 61.5 cm³/mol. The van der Waals surface area contributed by atoms with Crippen LogP contribution in [0.4, 0.5) is 0 Å². The summed E-state index contributed by atoms with van der Waals surface area (Å²) in [5.74, 6) is -2.72. The molecule has 1 aromatic carbocycles. The average molecular weight is 262 g/mol. The molecule has 0 aliphatic carbocycles. The van der Waals surface area contributed by atoms with Crippen LogP contribution in [-0.2, 0) is 14.4 Å². The minimum absolute atomic E-state index is 0.0213. The fourth-order valence-electron chi connectivity index (χ4n) is 1.59. The third-order valence-electron chi connectivity index (χ3n) is 2.56. The lowest BCUT2D eigenvalue weighted by Gasteiger charge is -2.12. The third-order valence-corrected chi connectivity index (χ3v) is 2.56. The largest absolute Gasteiger partial charge is 0.366 e. The molecule has 0 spiro atoms. The molecule has 1 aliphatic heterocycles. The summed E-state index contributed by atoms with van der Waals surface area (Å²) in [6.07, 6.45) is 0.0425. The molecule has 0 atom stereocenters. The number of primary amides is 1. The summed E-state index contributed by atoms with van der Waals surface area (Å²) in [6.45, 7) is 0. The zero-order valence-corrected chi connectivity index (χ0v) is 9.79. The lowest BCUT2D eigenvalue weighted by Crippen LogP contribution is -2.32. The first-order valence-electron chi connectivity index (χ1n) is 5.47. The van der Waals surface area contributed by atoms with Gasteiger partial charge < -0.3 is 10.6 Å². The van der Waals surface area contributed by atoms with Crippen molar-refractivity contribution in [3.8, 4) is 0 Å². The number of rotatable bonds is 3. The number of hydrogen-bond acceptors (Lipinski definition) is 5. The summed E-state index contributed by atoms with van der Waals surface area (Å²) in [4.78, 5) is 50.0. The number of nitrogens with zero attached hydrogens (tertiary/aromatic N) is 1. The van der Waals surface area contributed by atoms with Gasteiger partial charge in [0.15, 0.2) is 0 Å². The topological polar surface area (TPSA) is 107 Å². The van der Waals surface area contributed by atoms with Crippen molar-refractivity contribution in [2.45, 2.75) is 12.8 Å². The molecule has 19 heavy (non-hydrogen) atoms. The maximum atomic E-state index is 11.7. The number of hydroxylamine groups is 2. The Balaban J connectivity index is 2.16. The SMILES string of the molecule is NC(=O)c1cccc(C(=O)ON2C(=O)CCC2=O)c1. The van der Waals surface area contributed by atoms with Crippen LogP contribution < -0.4 is 5.73 Å². The summed E-state index contributed by atoms with van der Waals surface area (Å²) < 4.78 is 0. The first-order valence-corrected chi connectivity index (χ1v) is 5.47. The van der Waals surface area contributed by atoms with Gasteiger partial charge in [-0.2, -0.15) is 0 Å². The van der Waals surface area contributed by atoms with Crippen LogP contribution in [0.2, 0.25) is 0 Å². The van der Waals surface area contributed by atoms with Crippen LogP contribution in [0.3, 0.4) is 0 Å². The van der Waals surface area contributed by atoms with Gasteiger partial charge in [0.25, 0.3) is 11.8 Å². The third kappa shape index (κ3) is 2.59. The number of hydrogen-bond donors (Lipinski definition) is 1. The number of carbonyl (C=O) groups is 4. The lowest BCUT2D eigenvalue weighted by atomic mass is 10.1. The van der Waals surface area contributed by atoms with Gasteiger partial charge in [0.1, 0.15) is 0 Å². The molecular weight excluding hydrogens is 252 g/mol. The highest BCUT2D eigenvalue weighted by atomic mass is 16.7. The van der Waals surface area contributed by atoms with Crippen molar-refractivity contribution < 1.29 is 24.0 Å². The maximum Gasteiger partial charge on any atom is 0.363 e. The minimum atomic E-state index is -0.897. The molecular formula is C12H10N2O5. The Bertz CT molecular complexity index is 565. The second-order valence-corrected chi connectivity index (χ2v) is 3.91. The van der Waals surface area contributed by atoms with E-state index in [1.54, 1.807) is 0 Å². The van der Waals surface area contributed by atoms with Crippen molar-refractivity contribution >= 4 is 23.7 Å². The molecule has 1 saturated heterocycles. The first kappa shape index (κ1) is 12.7. The average Bonchev–Trinajstić information content (AvgIpc) is 2.70. The van der Waals surface area contributed by atoms with Gasteiger partial charge in [-0.1, -0.05) is 6.07 Å². The van der Waals surface area contributed by atoms with Crippen LogP contribution in [0, 0.1) is 0 Å². The van der Waals surface area contributed by atoms with Crippen LogP contribution in [0.15, 0.2) is 24.3 Å². The minimum Gasteiger partial charge on any atom is -0.366 e. The standard InChI is InChI=1S/C12H10N2O5/c13-11(17)7-2-1-3-8(6-7)12(18)19-14-9(15)4-5-10(14)16/h1-3,6H,4-5H2,(H2,13,17). The predicted octanol–water partition coefficient (Wildman–Crippen LogP) is 0.00630. The van der Waals surface area contributed by atoms with E-state index in [1.165, 1.54) is 24.3 Å². The molecule has 1 fully saturated rings. The van der Waals surface area contributed by atoms with E-state index in [0.717, 1.165) is 0 Å². The van der Waals surface area contributed by atoms with Gasteiger partial charge in [0, 0.05) is 18.4 Å². The second kappa shape index (κ2) is 4.89. The number of carbonyl (C=O) groups excluding carboxylic acids is 4. The first-order chi connectivity index (χ1) is 8.99. The lowest BCUT2D eigenvalue weighted by molar-refractivity contribution is -0.172. The maximum absolute atomic E-state index is 11.7. The van der Waals surface area contributed by atoms with E-state index >= 15 is 0 Å². The normalized spacial score (nSPS) is 14.6. The Hall–Kier alpha value is -2.70. The molecule has 0 aromatic heterocycles. The molecule has 2 N–H and O–H groups in total. The summed E-state index contributed by atoms with van der Waals surface area (Å²) in [5.41, 5.74) is 5.24. The second-order valence-electron chi connectivity index (χ2n) is 3.91. The molecule has 7 nitrogen and oxygen atoms in total. The van der Waals surface area contributed by atoms with Gasteiger partial charge in [0.05, 0.1) is 5.56 Å². The molecule has 0 radical (unpaired) electrons. The Morgan fingerprint density at radius 1 is 1.11 bits per heavy atom. The number of nitrogens with two attached hydrogens (primary N) is 1. The van der Waals surface area contributed by atoms with Crippen molar-refractivity contribution in [3.63, 3.8) is 0 Å². The van der Waals surface area contributed by atoms with Crippen molar-refractivity contribution in [1.82, 2.24) is 5.06 Å². The molecule has 1 aromatic rings. The quantitative estimate of drug-likeness (QED) is 0.772. The zero-order valence-electron chi connectivity index (χ0n) is 9.79. The number of amides is 3. The summed E-state index contributed by atoms with van der Waals surface area (Å²) in [5, 5.41) is 0.444. The smallest absolute Gasteiger partial charge is 0.363 e. The van der Waals surface area contributed by atoms with Crippen LogP contribution in [0.5, 0.6) is 0 Å². The van der Waals surface area contributed by atoms with Gasteiger partial charge in [-0.3, -0.25) is 14.4 Å². The summed E-state index contributed by atoms with van der Waals surface area (Å²) >= 11 is 0. The van der Waals surface area contributed by atoms with E-state index in [1.807, 2.05) is 0 Å². The molecule has 2 rings (SSSR count). The Morgan fingerprint density at radius 3 is 2.26 bits per heavy atom. The van der Waals surface area contributed by atoms with E-state index in [9.17, 15) is 19.2 Å². The van der Waals surface area contributed by atoms with Crippen LogP contribution in [-0.4, -0.2) is 28.8 Å². The summed E-state index contributed by atoms with van der Waals surface area (Å²) in [7, 11) is 0. The molecule has 98 valence electrons. The van der Waals surface area contributed by atoms with E-state index in [-0.39, 0.29) is 24.0 Å². The highest BCUT2D eigenvalue weighted by Gasteiger charge is 2.33. The molecule has 3 amide bonds. The molecule has 1 heterocycles. The fourth-order valence-corrected chi connectivity index (χ4v) is 1.59. The van der Waals surface area contributed by atoms with Gasteiger partial charge in [-0.05, 0) is 18.2 Å². The van der Waals surface area contributed by atoms with Gasteiger partial charge in [-0.15, -0.1) is 5.06 Å². The van der Waals surface area contributed by atoms with E-state index in [2.05, 4.69) is 0 Å². The number of imide groups is 1. The van der Waals surface area contributed by atoms with E-state index in [0.29, 0.717) is 5.06 Å². The van der Waals surface area contributed by atoms with E-state index < -0.39 is 23.7 Å². The number of benzene rings is 1. The van der Waals surface area contributed by atoms with Crippen LogP contribution in [0.1, 0.15) is 33.6 Å². The van der Waals surface area contributed by atoms with Gasteiger partial charge in [-0.25, -0.2) is 4.79 Å². The van der Waals surface area contributed by atoms with Crippen molar-refractivity contribution in [3.05, 3.63) is 35.4 Å². The monoisotopic (exact) mass is 262 g/mol. The fraction of sp³-hybridized carbons (Fsp3) is 0.167. The molecule has 0 bridgehead atoms. The summed E-state index contributed by atoms with van der Waals surface area (Å²) in [6, 6.07) is 5.51. The highest BCUT2D eigenvalue weighted by molar-refractivity contribution is 6.03. The van der Waals surface area contributed by atoms with Gasteiger partial charge in [0.2, 0.25) is 5.91 Å².